The maximum atomic E-state index is 9.69. The molecule has 2 nitrogen and oxygen atoms in total. The molecule has 0 spiro atoms. The molecule has 0 aliphatic heterocycles. The summed E-state index contributed by atoms with van der Waals surface area (Å²) in [4.78, 5) is 9.69. The number of carbonyl (C=O) groups excluding carboxylic acids is 1. The van der Waals surface area contributed by atoms with Gasteiger partial charge in [-0.25, -0.2) is 0 Å². The first-order chi connectivity index (χ1) is 4.41. The van der Waals surface area contributed by atoms with Crippen molar-refractivity contribution < 1.29 is 4.79 Å². The first kappa shape index (κ1) is 8.03. The SMILES string of the molecule is C#CCCCCNC=O. The van der Waals surface area contributed by atoms with Gasteiger partial charge in [0.05, 0.1) is 0 Å². The molecule has 0 unspecified atom stereocenters. The first-order valence-electron chi connectivity index (χ1n) is 3.02. The van der Waals surface area contributed by atoms with Gasteiger partial charge in [-0.15, -0.1) is 12.3 Å². The van der Waals surface area contributed by atoms with Crippen LogP contribution in [0.4, 0.5) is 0 Å². The predicted molar refractivity (Wildman–Crippen MR) is 36.8 cm³/mol. The third-order valence-corrected chi connectivity index (χ3v) is 0.976. The molecule has 1 N–H and O–H groups in total. The molecule has 0 rings (SSSR count). The highest BCUT2D eigenvalue weighted by Crippen LogP contribution is 1.89. The van der Waals surface area contributed by atoms with E-state index in [1.165, 1.54) is 0 Å². The largest absolute Gasteiger partial charge is 0.359 e. The molecule has 9 heavy (non-hydrogen) atoms. The summed E-state index contributed by atoms with van der Waals surface area (Å²) >= 11 is 0. The maximum absolute atomic E-state index is 9.69. The van der Waals surface area contributed by atoms with Crippen LogP contribution in [0.2, 0.25) is 0 Å². The molecule has 0 aliphatic rings. The lowest BCUT2D eigenvalue weighted by molar-refractivity contribution is -0.109. The van der Waals surface area contributed by atoms with Gasteiger partial charge in [0.1, 0.15) is 0 Å². The summed E-state index contributed by atoms with van der Waals surface area (Å²) in [6, 6.07) is 0. The summed E-state index contributed by atoms with van der Waals surface area (Å²) in [5, 5.41) is 2.56. The second-order valence-electron chi connectivity index (χ2n) is 1.73. The van der Waals surface area contributed by atoms with Crippen LogP contribution >= 0.6 is 0 Å². The van der Waals surface area contributed by atoms with Gasteiger partial charge in [-0.3, -0.25) is 4.79 Å². The van der Waals surface area contributed by atoms with E-state index in [0.717, 1.165) is 25.8 Å². The van der Waals surface area contributed by atoms with Gasteiger partial charge in [-0.05, 0) is 12.8 Å². The summed E-state index contributed by atoms with van der Waals surface area (Å²) < 4.78 is 0. The molecule has 0 aliphatic carbocycles. The number of terminal acetylenes is 1. The molecule has 0 aromatic carbocycles. The minimum absolute atomic E-state index is 0.704. The van der Waals surface area contributed by atoms with E-state index in [4.69, 9.17) is 6.42 Å². The van der Waals surface area contributed by atoms with Crippen molar-refractivity contribution in [3.05, 3.63) is 0 Å². The molecule has 0 saturated carbocycles. The van der Waals surface area contributed by atoms with Crippen LogP contribution in [0.1, 0.15) is 19.3 Å². The van der Waals surface area contributed by atoms with Crippen LogP contribution in [0.3, 0.4) is 0 Å². The summed E-state index contributed by atoms with van der Waals surface area (Å²) in [6.45, 7) is 0.741. The fourth-order valence-electron chi connectivity index (χ4n) is 0.513. The minimum atomic E-state index is 0.704. The van der Waals surface area contributed by atoms with E-state index in [0.29, 0.717) is 6.41 Å². The van der Waals surface area contributed by atoms with Gasteiger partial charge in [-0.1, -0.05) is 0 Å². The monoisotopic (exact) mass is 125 g/mol. The molecule has 1 amide bonds. The van der Waals surface area contributed by atoms with E-state index in [2.05, 4.69) is 11.2 Å². The van der Waals surface area contributed by atoms with E-state index in [9.17, 15) is 4.79 Å². The van der Waals surface area contributed by atoms with Crippen molar-refractivity contribution in [1.29, 1.82) is 0 Å². The average molecular weight is 125 g/mol. The van der Waals surface area contributed by atoms with E-state index in [1.807, 2.05) is 0 Å². The van der Waals surface area contributed by atoms with E-state index in [1.54, 1.807) is 0 Å². The van der Waals surface area contributed by atoms with Crippen molar-refractivity contribution in [3.8, 4) is 12.3 Å². The lowest BCUT2D eigenvalue weighted by Gasteiger charge is -1.93. The second-order valence-corrected chi connectivity index (χ2v) is 1.73. The number of hydrogen-bond acceptors (Lipinski definition) is 1. The van der Waals surface area contributed by atoms with Gasteiger partial charge in [0.15, 0.2) is 0 Å². The summed E-state index contributed by atoms with van der Waals surface area (Å²) in [7, 11) is 0. The van der Waals surface area contributed by atoms with Crippen LogP contribution in [-0.2, 0) is 4.79 Å². The normalized spacial score (nSPS) is 7.89. The lowest BCUT2D eigenvalue weighted by Crippen LogP contribution is -2.11. The highest BCUT2D eigenvalue weighted by atomic mass is 16.1. The van der Waals surface area contributed by atoms with Crippen LogP contribution < -0.4 is 5.32 Å². The summed E-state index contributed by atoms with van der Waals surface area (Å²) in [6.07, 6.45) is 8.49. The standard InChI is InChI=1S/C7H11NO/c1-2-3-4-5-6-8-7-9/h1,7H,3-6H2,(H,8,9). The number of nitrogens with one attached hydrogen (secondary N) is 1. The number of unbranched alkanes of at least 4 members (excludes halogenated alkanes) is 2. The smallest absolute Gasteiger partial charge is 0.207 e. The summed E-state index contributed by atoms with van der Waals surface area (Å²) in [5.41, 5.74) is 0. The van der Waals surface area contributed by atoms with Crippen molar-refractivity contribution in [2.24, 2.45) is 0 Å². The van der Waals surface area contributed by atoms with Gasteiger partial charge in [0.25, 0.3) is 0 Å². The van der Waals surface area contributed by atoms with Gasteiger partial charge in [-0.2, -0.15) is 0 Å². The Bertz CT molecular complexity index is 104. The van der Waals surface area contributed by atoms with Crippen molar-refractivity contribution >= 4 is 6.41 Å². The Labute approximate surface area is 55.6 Å². The van der Waals surface area contributed by atoms with Crippen LogP contribution in [0.5, 0.6) is 0 Å². The van der Waals surface area contributed by atoms with Gasteiger partial charge in [0.2, 0.25) is 6.41 Å². The molecule has 50 valence electrons. The number of rotatable bonds is 5. The van der Waals surface area contributed by atoms with Crippen molar-refractivity contribution in [3.63, 3.8) is 0 Å². The second kappa shape index (κ2) is 7.03. The van der Waals surface area contributed by atoms with Gasteiger partial charge in [0, 0.05) is 13.0 Å². The number of carbonyl (C=O) groups is 1. The van der Waals surface area contributed by atoms with Crippen molar-refractivity contribution in [2.45, 2.75) is 19.3 Å². The lowest BCUT2D eigenvalue weighted by atomic mass is 10.2. The van der Waals surface area contributed by atoms with E-state index in [-0.39, 0.29) is 0 Å². The zero-order chi connectivity index (χ0) is 6.95. The molecule has 0 heterocycles. The molecule has 0 aromatic rings. The fraction of sp³-hybridized carbons (Fsp3) is 0.571. The average Bonchev–Trinajstić information content (AvgIpc) is 1.89. The van der Waals surface area contributed by atoms with Crippen LogP contribution in [0, 0.1) is 12.3 Å². The summed E-state index contributed by atoms with van der Waals surface area (Å²) in [5.74, 6) is 2.53. The molecular weight excluding hydrogens is 114 g/mol. The maximum Gasteiger partial charge on any atom is 0.207 e. The Balaban J connectivity index is 2.76. The Kier molecular flexibility index (Phi) is 6.27. The Morgan fingerprint density at radius 3 is 2.89 bits per heavy atom. The van der Waals surface area contributed by atoms with Crippen LogP contribution in [0.25, 0.3) is 0 Å². The molecule has 0 fully saturated rings. The molecule has 0 saturated heterocycles. The molecular formula is C7H11NO. The Morgan fingerprint density at radius 1 is 1.56 bits per heavy atom. The van der Waals surface area contributed by atoms with Gasteiger partial charge >= 0.3 is 0 Å². The van der Waals surface area contributed by atoms with Crippen molar-refractivity contribution in [1.82, 2.24) is 5.32 Å². The molecule has 0 aromatic heterocycles. The highest BCUT2D eigenvalue weighted by molar-refractivity contribution is 5.45. The fourth-order valence-corrected chi connectivity index (χ4v) is 0.513. The third-order valence-electron chi connectivity index (χ3n) is 0.976. The highest BCUT2D eigenvalue weighted by Gasteiger charge is 1.82. The molecule has 0 bridgehead atoms. The number of hydrogen-bond donors (Lipinski definition) is 1. The van der Waals surface area contributed by atoms with Gasteiger partial charge < -0.3 is 5.32 Å². The van der Waals surface area contributed by atoms with Crippen LogP contribution in [0.15, 0.2) is 0 Å². The molecule has 0 radical (unpaired) electrons. The number of amides is 1. The molecule has 0 atom stereocenters. The topological polar surface area (TPSA) is 29.1 Å². The molecule has 2 heteroatoms. The third kappa shape index (κ3) is 7.03. The zero-order valence-electron chi connectivity index (χ0n) is 5.39. The Hall–Kier alpha value is -0.970. The van der Waals surface area contributed by atoms with Crippen molar-refractivity contribution in [2.75, 3.05) is 6.54 Å². The van der Waals surface area contributed by atoms with E-state index >= 15 is 0 Å². The van der Waals surface area contributed by atoms with Crippen LogP contribution in [-0.4, -0.2) is 13.0 Å². The minimum Gasteiger partial charge on any atom is -0.359 e. The zero-order valence-corrected chi connectivity index (χ0v) is 5.39. The quantitative estimate of drug-likeness (QED) is 0.324. The predicted octanol–water partition coefficient (Wildman–Crippen LogP) is 0.536. The first-order valence-corrected chi connectivity index (χ1v) is 3.02. The Morgan fingerprint density at radius 2 is 2.33 bits per heavy atom. The van der Waals surface area contributed by atoms with E-state index < -0.39 is 0 Å².